The summed E-state index contributed by atoms with van der Waals surface area (Å²) < 4.78 is 11.5. The summed E-state index contributed by atoms with van der Waals surface area (Å²) in [5.41, 5.74) is 7.29. The molecule has 0 aromatic heterocycles. The van der Waals surface area contributed by atoms with E-state index in [1.165, 1.54) is 0 Å². The molecule has 3 unspecified atom stereocenters. The molecule has 3 atom stereocenters. The Morgan fingerprint density at radius 2 is 2.15 bits per heavy atom. The summed E-state index contributed by atoms with van der Waals surface area (Å²) in [6.07, 6.45) is 2.86. The molecule has 110 valence electrons. The minimum atomic E-state index is -0.126. The van der Waals surface area contributed by atoms with Crippen LogP contribution in [0.3, 0.4) is 0 Å². The van der Waals surface area contributed by atoms with Gasteiger partial charge in [0.1, 0.15) is 0 Å². The zero-order valence-corrected chi connectivity index (χ0v) is 12.8. The average Bonchev–Trinajstić information content (AvgIpc) is 2.86. The van der Waals surface area contributed by atoms with Crippen LogP contribution in [0.15, 0.2) is 18.2 Å². The molecule has 1 aromatic rings. The summed E-state index contributed by atoms with van der Waals surface area (Å²) >= 11 is 12.2. The molecule has 2 fully saturated rings. The summed E-state index contributed by atoms with van der Waals surface area (Å²) in [5.74, 6) is 0.365. The highest BCUT2D eigenvalue weighted by molar-refractivity contribution is 6.35. The Kier molecular flexibility index (Phi) is 4.25. The minimum absolute atomic E-state index is 0.0823. The molecular formula is C15H19Cl2NO2. The molecule has 2 aliphatic heterocycles. The van der Waals surface area contributed by atoms with Crippen molar-refractivity contribution in [3.63, 3.8) is 0 Å². The predicted molar refractivity (Wildman–Crippen MR) is 80.2 cm³/mol. The Labute approximate surface area is 129 Å². The summed E-state index contributed by atoms with van der Waals surface area (Å²) in [4.78, 5) is 0. The molecule has 5 heteroatoms. The topological polar surface area (TPSA) is 44.5 Å². The molecule has 0 amide bonds. The van der Waals surface area contributed by atoms with Crippen molar-refractivity contribution in [3.8, 4) is 0 Å². The predicted octanol–water partition coefficient (Wildman–Crippen LogP) is 3.58. The summed E-state index contributed by atoms with van der Waals surface area (Å²) in [5, 5.41) is 1.28. The first-order chi connectivity index (χ1) is 9.60. The second-order valence-corrected chi connectivity index (χ2v) is 6.62. The molecule has 1 spiro atoms. The molecule has 1 aromatic carbocycles. The van der Waals surface area contributed by atoms with Crippen molar-refractivity contribution in [1.82, 2.24) is 0 Å². The van der Waals surface area contributed by atoms with E-state index in [2.05, 4.69) is 0 Å². The first kappa shape index (κ1) is 14.6. The Bertz CT molecular complexity index is 489. The molecule has 2 N–H and O–H groups in total. The van der Waals surface area contributed by atoms with E-state index in [0.29, 0.717) is 22.6 Å². The number of hydrogen-bond acceptors (Lipinski definition) is 3. The first-order valence-corrected chi connectivity index (χ1v) is 7.77. The number of hydrogen-bond donors (Lipinski definition) is 1. The van der Waals surface area contributed by atoms with Crippen LogP contribution in [0.2, 0.25) is 10.0 Å². The molecule has 2 saturated heterocycles. The van der Waals surface area contributed by atoms with Crippen LogP contribution < -0.4 is 5.73 Å². The average molecular weight is 316 g/mol. The molecule has 20 heavy (non-hydrogen) atoms. The zero-order chi connectivity index (χ0) is 14.2. The van der Waals surface area contributed by atoms with E-state index in [9.17, 15) is 0 Å². The summed E-state index contributed by atoms with van der Waals surface area (Å²) in [7, 11) is 0. The van der Waals surface area contributed by atoms with Crippen LogP contribution in [0, 0.1) is 5.92 Å². The van der Waals surface area contributed by atoms with E-state index in [4.69, 9.17) is 38.4 Å². The zero-order valence-electron chi connectivity index (χ0n) is 11.3. The van der Waals surface area contributed by atoms with Gasteiger partial charge in [0.2, 0.25) is 0 Å². The Morgan fingerprint density at radius 3 is 2.85 bits per heavy atom. The van der Waals surface area contributed by atoms with Crippen molar-refractivity contribution in [3.05, 3.63) is 33.8 Å². The molecule has 3 nitrogen and oxygen atoms in total. The minimum Gasteiger partial charge on any atom is -0.378 e. The van der Waals surface area contributed by atoms with Crippen LogP contribution in [0.4, 0.5) is 0 Å². The first-order valence-electron chi connectivity index (χ1n) is 7.02. The molecule has 0 radical (unpaired) electrons. The normalized spacial score (nSPS) is 31.6. The standard InChI is InChI=1S/C15H19Cl2NO2/c16-11-1-2-12(13(17)7-11)14(18)10-3-5-20-15(8-10)4-6-19-9-15/h1-2,7,10,14H,3-6,8-9,18H2. The van der Waals surface area contributed by atoms with E-state index in [1.807, 2.05) is 12.1 Å². The third-order valence-corrected chi connectivity index (χ3v) is 4.99. The number of rotatable bonds is 2. The second kappa shape index (κ2) is 5.82. The van der Waals surface area contributed by atoms with Crippen molar-refractivity contribution in [1.29, 1.82) is 0 Å². The van der Waals surface area contributed by atoms with E-state index in [1.54, 1.807) is 6.07 Å². The third kappa shape index (κ3) is 2.83. The maximum absolute atomic E-state index is 6.45. The number of halogens is 2. The molecule has 0 aliphatic carbocycles. The molecule has 2 heterocycles. The van der Waals surface area contributed by atoms with Crippen molar-refractivity contribution in [2.75, 3.05) is 19.8 Å². The van der Waals surface area contributed by atoms with Gasteiger partial charge in [0.05, 0.1) is 12.2 Å². The highest BCUT2D eigenvalue weighted by atomic mass is 35.5. The highest BCUT2D eigenvalue weighted by Crippen LogP contribution is 2.41. The largest absolute Gasteiger partial charge is 0.378 e. The molecular weight excluding hydrogens is 297 g/mol. The number of ether oxygens (including phenoxy) is 2. The van der Waals surface area contributed by atoms with Crippen molar-refractivity contribution < 1.29 is 9.47 Å². The lowest BCUT2D eigenvalue weighted by Gasteiger charge is -2.39. The van der Waals surface area contributed by atoms with Gasteiger partial charge in [0.25, 0.3) is 0 Å². The van der Waals surface area contributed by atoms with Gasteiger partial charge >= 0.3 is 0 Å². The molecule has 0 saturated carbocycles. The fraction of sp³-hybridized carbons (Fsp3) is 0.600. The van der Waals surface area contributed by atoms with Crippen molar-refractivity contribution >= 4 is 23.2 Å². The van der Waals surface area contributed by atoms with Crippen molar-refractivity contribution in [2.45, 2.75) is 30.9 Å². The lowest BCUT2D eigenvalue weighted by Crippen LogP contribution is -2.43. The van der Waals surface area contributed by atoms with Crippen LogP contribution >= 0.6 is 23.2 Å². The van der Waals surface area contributed by atoms with Gasteiger partial charge in [-0.2, -0.15) is 0 Å². The highest BCUT2D eigenvalue weighted by Gasteiger charge is 2.42. The quantitative estimate of drug-likeness (QED) is 0.907. The van der Waals surface area contributed by atoms with Gasteiger partial charge in [-0.05, 0) is 36.5 Å². The fourth-order valence-corrected chi connectivity index (χ4v) is 3.80. The maximum atomic E-state index is 6.45. The SMILES string of the molecule is NC(c1ccc(Cl)cc1Cl)C1CCOC2(CCOC2)C1. The van der Waals surface area contributed by atoms with Gasteiger partial charge in [0, 0.05) is 35.7 Å². The smallest absolute Gasteiger partial charge is 0.0940 e. The third-order valence-electron chi connectivity index (χ3n) is 4.43. The number of nitrogens with two attached hydrogens (primary N) is 1. The van der Waals surface area contributed by atoms with Crippen LogP contribution in [-0.2, 0) is 9.47 Å². The maximum Gasteiger partial charge on any atom is 0.0940 e. The van der Waals surface area contributed by atoms with Crippen LogP contribution in [0.5, 0.6) is 0 Å². The van der Waals surface area contributed by atoms with Gasteiger partial charge in [-0.25, -0.2) is 0 Å². The molecule has 3 rings (SSSR count). The van der Waals surface area contributed by atoms with Gasteiger partial charge in [-0.15, -0.1) is 0 Å². The second-order valence-electron chi connectivity index (χ2n) is 5.78. The molecule has 0 bridgehead atoms. The lowest BCUT2D eigenvalue weighted by atomic mass is 9.79. The van der Waals surface area contributed by atoms with E-state index < -0.39 is 0 Å². The van der Waals surface area contributed by atoms with Gasteiger partial charge in [0.15, 0.2) is 0 Å². The van der Waals surface area contributed by atoms with Crippen molar-refractivity contribution in [2.24, 2.45) is 11.7 Å². The van der Waals surface area contributed by atoms with Crippen LogP contribution in [0.25, 0.3) is 0 Å². The van der Waals surface area contributed by atoms with Gasteiger partial charge < -0.3 is 15.2 Å². The Balaban J connectivity index is 1.77. The van der Waals surface area contributed by atoms with Gasteiger partial charge in [-0.1, -0.05) is 29.3 Å². The fourth-order valence-electron chi connectivity index (χ4n) is 3.26. The van der Waals surface area contributed by atoms with Gasteiger partial charge in [-0.3, -0.25) is 0 Å². The van der Waals surface area contributed by atoms with Crippen LogP contribution in [-0.4, -0.2) is 25.4 Å². The summed E-state index contributed by atoms with van der Waals surface area (Å²) in [6, 6.07) is 5.45. The Morgan fingerprint density at radius 1 is 1.30 bits per heavy atom. The number of benzene rings is 1. The Hall–Kier alpha value is -0.320. The molecule has 2 aliphatic rings. The monoisotopic (exact) mass is 315 g/mol. The van der Waals surface area contributed by atoms with E-state index in [0.717, 1.165) is 38.0 Å². The van der Waals surface area contributed by atoms with E-state index >= 15 is 0 Å². The van der Waals surface area contributed by atoms with Crippen LogP contribution in [0.1, 0.15) is 30.9 Å². The lowest BCUT2D eigenvalue weighted by molar-refractivity contribution is -0.101. The summed E-state index contributed by atoms with van der Waals surface area (Å²) in [6.45, 7) is 2.21. The van der Waals surface area contributed by atoms with E-state index in [-0.39, 0.29) is 11.6 Å².